The SMILES string of the molecule is CC1(c2ccccc2)CN(c2cccnc2)CCN1. The summed E-state index contributed by atoms with van der Waals surface area (Å²) < 4.78 is 0. The van der Waals surface area contributed by atoms with E-state index >= 15 is 0 Å². The Bertz CT molecular complexity index is 526. The van der Waals surface area contributed by atoms with Crippen molar-refractivity contribution in [1.82, 2.24) is 10.3 Å². The third kappa shape index (κ3) is 2.47. The van der Waals surface area contributed by atoms with Crippen molar-refractivity contribution < 1.29 is 0 Å². The van der Waals surface area contributed by atoms with Crippen LogP contribution in [0.15, 0.2) is 54.9 Å². The Balaban J connectivity index is 1.86. The number of hydrogen-bond acceptors (Lipinski definition) is 3. The Labute approximate surface area is 114 Å². The predicted octanol–water partition coefficient (Wildman–Crippen LogP) is 2.41. The zero-order chi connectivity index (χ0) is 13.1. The third-order valence-corrected chi connectivity index (χ3v) is 3.83. The molecule has 2 heterocycles. The number of piperazine rings is 1. The maximum atomic E-state index is 4.22. The van der Waals surface area contributed by atoms with Gasteiger partial charge in [-0.3, -0.25) is 4.98 Å². The molecular formula is C16H19N3. The molecule has 3 heteroatoms. The molecule has 0 amide bonds. The zero-order valence-corrected chi connectivity index (χ0v) is 11.2. The summed E-state index contributed by atoms with van der Waals surface area (Å²) in [7, 11) is 0. The molecule has 1 N–H and O–H groups in total. The molecular weight excluding hydrogens is 234 g/mol. The number of hydrogen-bond donors (Lipinski definition) is 1. The summed E-state index contributed by atoms with van der Waals surface area (Å²) in [4.78, 5) is 6.62. The molecule has 98 valence electrons. The number of benzene rings is 1. The number of pyridine rings is 1. The summed E-state index contributed by atoms with van der Waals surface area (Å²) in [6.45, 7) is 5.24. The zero-order valence-electron chi connectivity index (χ0n) is 11.2. The van der Waals surface area contributed by atoms with Crippen LogP contribution in [0.3, 0.4) is 0 Å². The smallest absolute Gasteiger partial charge is 0.0584 e. The normalized spacial score (nSPS) is 23.3. The first-order chi connectivity index (χ1) is 9.28. The van der Waals surface area contributed by atoms with Gasteiger partial charge in [0.25, 0.3) is 0 Å². The summed E-state index contributed by atoms with van der Waals surface area (Å²) in [5, 5.41) is 3.65. The van der Waals surface area contributed by atoms with Crippen LogP contribution in [-0.2, 0) is 5.54 Å². The van der Waals surface area contributed by atoms with Crippen molar-refractivity contribution >= 4 is 5.69 Å². The molecule has 1 aliphatic heterocycles. The number of nitrogens with one attached hydrogen (secondary N) is 1. The van der Waals surface area contributed by atoms with Gasteiger partial charge in [-0.2, -0.15) is 0 Å². The molecule has 19 heavy (non-hydrogen) atoms. The molecule has 1 fully saturated rings. The van der Waals surface area contributed by atoms with Crippen LogP contribution >= 0.6 is 0 Å². The van der Waals surface area contributed by atoms with Gasteiger partial charge in [0.05, 0.1) is 17.4 Å². The van der Waals surface area contributed by atoms with E-state index in [4.69, 9.17) is 0 Å². The Morgan fingerprint density at radius 3 is 2.74 bits per heavy atom. The lowest BCUT2D eigenvalue weighted by molar-refractivity contribution is 0.332. The standard InChI is InChI=1S/C16H19N3/c1-16(14-6-3-2-4-7-14)13-19(11-10-18-16)15-8-5-9-17-12-15/h2-9,12,18H,10-11,13H2,1H3. The maximum absolute atomic E-state index is 4.22. The van der Waals surface area contributed by atoms with Crippen LogP contribution in [0.4, 0.5) is 5.69 Å². The van der Waals surface area contributed by atoms with Crippen LogP contribution in [0, 0.1) is 0 Å². The van der Waals surface area contributed by atoms with Gasteiger partial charge in [-0.25, -0.2) is 0 Å². The van der Waals surface area contributed by atoms with Crippen molar-refractivity contribution in [3.8, 4) is 0 Å². The Kier molecular flexibility index (Phi) is 3.22. The Hall–Kier alpha value is -1.87. The van der Waals surface area contributed by atoms with Crippen molar-refractivity contribution in [1.29, 1.82) is 0 Å². The van der Waals surface area contributed by atoms with Gasteiger partial charge in [-0.1, -0.05) is 30.3 Å². The van der Waals surface area contributed by atoms with Gasteiger partial charge in [0.1, 0.15) is 0 Å². The van der Waals surface area contributed by atoms with E-state index in [1.807, 2.05) is 18.5 Å². The van der Waals surface area contributed by atoms with Gasteiger partial charge in [0.2, 0.25) is 0 Å². The van der Waals surface area contributed by atoms with Crippen molar-refractivity contribution in [2.75, 3.05) is 24.5 Å². The molecule has 1 aromatic heterocycles. The monoisotopic (exact) mass is 253 g/mol. The second-order valence-electron chi connectivity index (χ2n) is 5.26. The first kappa shape index (κ1) is 12.2. The minimum Gasteiger partial charge on any atom is -0.367 e. The largest absolute Gasteiger partial charge is 0.367 e. The highest BCUT2D eigenvalue weighted by Crippen LogP contribution is 2.26. The molecule has 1 aromatic carbocycles. The van der Waals surface area contributed by atoms with Crippen LogP contribution < -0.4 is 10.2 Å². The van der Waals surface area contributed by atoms with Gasteiger partial charge in [0.15, 0.2) is 0 Å². The van der Waals surface area contributed by atoms with E-state index in [1.165, 1.54) is 11.3 Å². The van der Waals surface area contributed by atoms with E-state index in [9.17, 15) is 0 Å². The summed E-state index contributed by atoms with van der Waals surface area (Å²) in [5.41, 5.74) is 2.53. The molecule has 1 atom stereocenters. The van der Waals surface area contributed by atoms with Gasteiger partial charge >= 0.3 is 0 Å². The molecule has 1 saturated heterocycles. The average molecular weight is 253 g/mol. The fourth-order valence-corrected chi connectivity index (χ4v) is 2.74. The first-order valence-electron chi connectivity index (χ1n) is 6.73. The maximum Gasteiger partial charge on any atom is 0.0584 e. The Morgan fingerprint density at radius 1 is 1.16 bits per heavy atom. The van der Waals surface area contributed by atoms with E-state index in [0.717, 1.165) is 19.6 Å². The first-order valence-corrected chi connectivity index (χ1v) is 6.73. The topological polar surface area (TPSA) is 28.2 Å². The minimum atomic E-state index is -0.00461. The van der Waals surface area contributed by atoms with E-state index in [2.05, 4.69) is 58.5 Å². The highest BCUT2D eigenvalue weighted by atomic mass is 15.2. The molecule has 1 aliphatic rings. The summed E-state index contributed by atoms with van der Waals surface area (Å²) in [6.07, 6.45) is 3.76. The van der Waals surface area contributed by atoms with E-state index < -0.39 is 0 Å². The third-order valence-electron chi connectivity index (χ3n) is 3.83. The van der Waals surface area contributed by atoms with Crippen molar-refractivity contribution in [2.24, 2.45) is 0 Å². The lowest BCUT2D eigenvalue weighted by Gasteiger charge is -2.42. The predicted molar refractivity (Wildman–Crippen MR) is 78.2 cm³/mol. The van der Waals surface area contributed by atoms with Gasteiger partial charge < -0.3 is 10.2 Å². The van der Waals surface area contributed by atoms with Gasteiger partial charge in [-0.15, -0.1) is 0 Å². The number of nitrogens with zero attached hydrogens (tertiary/aromatic N) is 2. The lowest BCUT2D eigenvalue weighted by Crippen LogP contribution is -2.56. The Morgan fingerprint density at radius 2 is 2.00 bits per heavy atom. The average Bonchev–Trinajstić information content (AvgIpc) is 2.49. The van der Waals surface area contributed by atoms with Crippen molar-refractivity contribution in [3.05, 3.63) is 60.4 Å². The second kappa shape index (κ2) is 5.02. The molecule has 0 saturated carbocycles. The van der Waals surface area contributed by atoms with Crippen molar-refractivity contribution in [3.63, 3.8) is 0 Å². The van der Waals surface area contributed by atoms with E-state index in [1.54, 1.807) is 0 Å². The summed E-state index contributed by atoms with van der Waals surface area (Å²) in [5.74, 6) is 0. The van der Waals surface area contributed by atoms with Crippen molar-refractivity contribution in [2.45, 2.75) is 12.5 Å². The molecule has 3 nitrogen and oxygen atoms in total. The second-order valence-corrected chi connectivity index (χ2v) is 5.26. The fraction of sp³-hybridized carbons (Fsp3) is 0.312. The van der Waals surface area contributed by atoms with Crippen LogP contribution in [-0.4, -0.2) is 24.6 Å². The molecule has 0 radical (unpaired) electrons. The van der Waals surface area contributed by atoms with Gasteiger partial charge in [0, 0.05) is 25.8 Å². The van der Waals surface area contributed by atoms with E-state index in [-0.39, 0.29) is 5.54 Å². The quantitative estimate of drug-likeness (QED) is 0.891. The highest BCUT2D eigenvalue weighted by molar-refractivity contribution is 5.46. The number of anilines is 1. The lowest BCUT2D eigenvalue weighted by atomic mass is 9.89. The molecule has 3 rings (SSSR count). The molecule has 2 aromatic rings. The summed E-state index contributed by atoms with van der Waals surface area (Å²) in [6, 6.07) is 14.8. The highest BCUT2D eigenvalue weighted by Gasteiger charge is 2.32. The number of rotatable bonds is 2. The molecule has 1 unspecified atom stereocenters. The minimum absolute atomic E-state index is 0.00461. The molecule has 0 spiro atoms. The van der Waals surface area contributed by atoms with Crippen LogP contribution in [0.5, 0.6) is 0 Å². The van der Waals surface area contributed by atoms with E-state index in [0.29, 0.717) is 0 Å². The van der Waals surface area contributed by atoms with Crippen LogP contribution in [0.2, 0.25) is 0 Å². The summed E-state index contributed by atoms with van der Waals surface area (Å²) >= 11 is 0. The molecule has 0 bridgehead atoms. The van der Waals surface area contributed by atoms with Crippen LogP contribution in [0.1, 0.15) is 12.5 Å². The number of aromatic nitrogens is 1. The molecule has 0 aliphatic carbocycles. The fourth-order valence-electron chi connectivity index (χ4n) is 2.74. The van der Waals surface area contributed by atoms with Gasteiger partial charge in [-0.05, 0) is 24.6 Å². The van der Waals surface area contributed by atoms with Crippen LogP contribution in [0.25, 0.3) is 0 Å².